The van der Waals surface area contributed by atoms with E-state index >= 15 is 0 Å². The molecule has 0 aromatic heterocycles. The first kappa shape index (κ1) is 12.8. The number of nitrogens with zero attached hydrogens (tertiary/aromatic N) is 1. The second-order valence-electron chi connectivity index (χ2n) is 4.08. The van der Waals surface area contributed by atoms with Gasteiger partial charge in [0.2, 0.25) is 0 Å². The average molecular weight is 193 g/mol. The van der Waals surface area contributed by atoms with Crippen molar-refractivity contribution in [2.24, 2.45) is 5.92 Å². The molecular formula is C10H21F2N. The van der Waals surface area contributed by atoms with Crippen LogP contribution in [0.3, 0.4) is 0 Å². The molecule has 0 N–H and O–H groups in total. The van der Waals surface area contributed by atoms with Gasteiger partial charge >= 0.3 is 0 Å². The SMILES string of the molecule is CC[C@H](C)C(F)(F)CN(C)C(C)C. The number of hydrogen-bond acceptors (Lipinski definition) is 1. The lowest BCUT2D eigenvalue weighted by molar-refractivity contribution is -0.0776. The lowest BCUT2D eigenvalue weighted by Gasteiger charge is -2.30. The Morgan fingerprint density at radius 1 is 1.23 bits per heavy atom. The fourth-order valence-electron chi connectivity index (χ4n) is 0.970. The van der Waals surface area contributed by atoms with E-state index in [-0.39, 0.29) is 12.6 Å². The van der Waals surface area contributed by atoms with Crippen molar-refractivity contribution in [3.63, 3.8) is 0 Å². The average Bonchev–Trinajstić information content (AvgIpc) is 2.01. The van der Waals surface area contributed by atoms with Crippen LogP contribution in [0.1, 0.15) is 34.1 Å². The molecule has 0 amide bonds. The number of halogens is 2. The molecule has 0 saturated carbocycles. The Balaban J connectivity index is 4.15. The van der Waals surface area contributed by atoms with Crippen molar-refractivity contribution in [2.45, 2.75) is 46.1 Å². The van der Waals surface area contributed by atoms with Crippen LogP contribution in [0, 0.1) is 5.92 Å². The Kier molecular flexibility index (Phi) is 4.82. The first-order valence-corrected chi connectivity index (χ1v) is 4.89. The highest BCUT2D eigenvalue weighted by atomic mass is 19.3. The van der Waals surface area contributed by atoms with Gasteiger partial charge in [0.15, 0.2) is 0 Å². The largest absolute Gasteiger partial charge is 0.298 e. The Labute approximate surface area is 80.1 Å². The third kappa shape index (κ3) is 4.03. The lowest BCUT2D eigenvalue weighted by Crippen LogP contribution is -2.41. The van der Waals surface area contributed by atoms with E-state index in [4.69, 9.17) is 0 Å². The summed E-state index contributed by atoms with van der Waals surface area (Å²) in [6, 6.07) is 0.176. The zero-order chi connectivity index (χ0) is 10.6. The van der Waals surface area contributed by atoms with Crippen molar-refractivity contribution >= 4 is 0 Å². The molecule has 0 spiro atoms. The summed E-state index contributed by atoms with van der Waals surface area (Å²) in [5.41, 5.74) is 0. The van der Waals surface area contributed by atoms with Gasteiger partial charge in [0.05, 0.1) is 6.54 Å². The Hall–Kier alpha value is -0.180. The van der Waals surface area contributed by atoms with Crippen molar-refractivity contribution in [2.75, 3.05) is 13.6 Å². The predicted molar refractivity (Wildman–Crippen MR) is 52.2 cm³/mol. The first-order chi connectivity index (χ1) is 5.81. The summed E-state index contributed by atoms with van der Waals surface area (Å²) in [6.45, 7) is 7.11. The van der Waals surface area contributed by atoms with E-state index in [0.717, 1.165) is 0 Å². The third-order valence-corrected chi connectivity index (χ3v) is 2.68. The van der Waals surface area contributed by atoms with Crippen molar-refractivity contribution in [3.05, 3.63) is 0 Å². The van der Waals surface area contributed by atoms with E-state index in [9.17, 15) is 8.78 Å². The minimum Gasteiger partial charge on any atom is -0.298 e. The van der Waals surface area contributed by atoms with Crippen LogP contribution >= 0.6 is 0 Å². The Bertz CT molecular complexity index is 146. The van der Waals surface area contributed by atoms with Crippen LogP contribution in [0.5, 0.6) is 0 Å². The molecule has 1 nitrogen and oxygen atoms in total. The predicted octanol–water partition coefficient (Wildman–Crippen LogP) is 3.01. The highest BCUT2D eigenvalue weighted by Crippen LogP contribution is 2.27. The van der Waals surface area contributed by atoms with Crippen molar-refractivity contribution in [3.8, 4) is 0 Å². The van der Waals surface area contributed by atoms with Gasteiger partial charge in [-0.05, 0) is 27.3 Å². The van der Waals surface area contributed by atoms with Gasteiger partial charge in [-0.3, -0.25) is 4.90 Å². The van der Waals surface area contributed by atoms with Crippen LogP contribution < -0.4 is 0 Å². The third-order valence-electron chi connectivity index (χ3n) is 2.68. The van der Waals surface area contributed by atoms with Crippen LogP contribution in [0.15, 0.2) is 0 Å². The topological polar surface area (TPSA) is 3.24 Å². The molecule has 0 heterocycles. The van der Waals surface area contributed by atoms with Gasteiger partial charge in [0, 0.05) is 12.0 Å². The van der Waals surface area contributed by atoms with E-state index in [0.29, 0.717) is 6.42 Å². The van der Waals surface area contributed by atoms with Gasteiger partial charge in [-0.1, -0.05) is 13.8 Å². The second-order valence-corrected chi connectivity index (χ2v) is 4.08. The minimum absolute atomic E-state index is 0.139. The maximum atomic E-state index is 13.4. The van der Waals surface area contributed by atoms with Crippen molar-refractivity contribution in [1.82, 2.24) is 4.90 Å². The molecule has 1 atom stereocenters. The van der Waals surface area contributed by atoms with Crippen molar-refractivity contribution in [1.29, 1.82) is 0 Å². The van der Waals surface area contributed by atoms with Crippen LogP contribution in [0.4, 0.5) is 8.78 Å². The van der Waals surface area contributed by atoms with Gasteiger partial charge in [0.25, 0.3) is 5.92 Å². The lowest BCUT2D eigenvalue weighted by atomic mass is 10.0. The summed E-state index contributed by atoms with van der Waals surface area (Å²) in [4.78, 5) is 1.69. The Morgan fingerprint density at radius 3 is 2.00 bits per heavy atom. The van der Waals surface area contributed by atoms with Crippen LogP contribution in [-0.4, -0.2) is 30.5 Å². The van der Waals surface area contributed by atoms with Gasteiger partial charge in [-0.2, -0.15) is 0 Å². The fourth-order valence-corrected chi connectivity index (χ4v) is 0.970. The summed E-state index contributed by atoms with van der Waals surface area (Å²) in [5.74, 6) is -3.10. The zero-order valence-corrected chi connectivity index (χ0v) is 9.27. The minimum atomic E-state index is -2.56. The highest BCUT2D eigenvalue weighted by Gasteiger charge is 2.36. The van der Waals surface area contributed by atoms with E-state index < -0.39 is 11.8 Å². The molecule has 0 rings (SSSR count). The summed E-state index contributed by atoms with van der Waals surface area (Å²) >= 11 is 0. The summed E-state index contributed by atoms with van der Waals surface area (Å²) in [6.07, 6.45) is 0.527. The van der Waals surface area contributed by atoms with E-state index in [1.807, 2.05) is 13.8 Å². The molecule has 0 aliphatic rings. The normalized spacial score (nSPS) is 15.5. The first-order valence-electron chi connectivity index (χ1n) is 4.89. The van der Waals surface area contributed by atoms with Crippen LogP contribution in [0.25, 0.3) is 0 Å². The van der Waals surface area contributed by atoms with Crippen molar-refractivity contribution < 1.29 is 8.78 Å². The molecule has 0 aromatic rings. The zero-order valence-electron chi connectivity index (χ0n) is 9.27. The summed E-state index contributed by atoms with van der Waals surface area (Å²) < 4.78 is 26.8. The standard InChI is InChI=1S/C10H21F2N/c1-6-9(4)10(11,12)7-13(5)8(2)3/h8-9H,6-7H2,1-5H3/t9-/m0/s1. The van der Waals surface area contributed by atoms with Gasteiger partial charge in [0.1, 0.15) is 0 Å². The molecule has 0 aliphatic heterocycles. The molecule has 0 bridgehead atoms. The second kappa shape index (κ2) is 4.89. The molecule has 13 heavy (non-hydrogen) atoms. The maximum absolute atomic E-state index is 13.4. The monoisotopic (exact) mass is 193 g/mol. The van der Waals surface area contributed by atoms with E-state index in [1.165, 1.54) is 0 Å². The molecular weight excluding hydrogens is 172 g/mol. The number of rotatable bonds is 5. The van der Waals surface area contributed by atoms with Crippen LogP contribution in [0.2, 0.25) is 0 Å². The van der Waals surface area contributed by atoms with Gasteiger partial charge in [-0.25, -0.2) is 8.78 Å². The highest BCUT2D eigenvalue weighted by molar-refractivity contribution is 4.77. The quantitative estimate of drug-likeness (QED) is 0.648. The molecule has 0 radical (unpaired) electrons. The van der Waals surface area contributed by atoms with E-state index in [1.54, 1.807) is 25.8 Å². The molecule has 0 saturated heterocycles. The summed E-state index contributed by atoms with van der Waals surface area (Å²) in [5, 5.41) is 0. The van der Waals surface area contributed by atoms with Gasteiger partial charge < -0.3 is 0 Å². The fraction of sp³-hybridized carbons (Fsp3) is 1.00. The molecule has 0 unspecified atom stereocenters. The Morgan fingerprint density at radius 2 is 1.69 bits per heavy atom. The summed E-state index contributed by atoms with van der Waals surface area (Å²) in [7, 11) is 1.74. The molecule has 0 fully saturated rings. The molecule has 3 heteroatoms. The van der Waals surface area contributed by atoms with Crippen LogP contribution in [-0.2, 0) is 0 Å². The van der Waals surface area contributed by atoms with Gasteiger partial charge in [-0.15, -0.1) is 0 Å². The molecule has 0 aromatic carbocycles. The number of hydrogen-bond donors (Lipinski definition) is 0. The number of alkyl halides is 2. The molecule has 0 aliphatic carbocycles. The molecule has 80 valence electrons. The van der Waals surface area contributed by atoms with E-state index in [2.05, 4.69) is 0 Å². The smallest absolute Gasteiger partial charge is 0.263 e. The maximum Gasteiger partial charge on any atom is 0.263 e.